The lowest BCUT2D eigenvalue weighted by Crippen LogP contribution is -2.37. The zero-order valence-electron chi connectivity index (χ0n) is 16.5. The van der Waals surface area contributed by atoms with Crippen molar-refractivity contribution >= 4 is 17.5 Å². The Morgan fingerprint density at radius 1 is 1.07 bits per heavy atom. The minimum absolute atomic E-state index is 0.142. The van der Waals surface area contributed by atoms with E-state index in [4.69, 9.17) is 0 Å². The molecule has 148 valence electrons. The lowest BCUT2D eigenvalue weighted by molar-refractivity contribution is 0.0911. The van der Waals surface area contributed by atoms with Crippen LogP contribution in [0.15, 0.2) is 30.3 Å². The lowest BCUT2D eigenvalue weighted by atomic mass is 9.95. The first-order valence-corrected chi connectivity index (χ1v) is 10.4. The van der Waals surface area contributed by atoms with Gasteiger partial charge in [0.15, 0.2) is 11.5 Å². The smallest absolute Gasteiger partial charge is 0.287 e. The number of amides is 2. The minimum atomic E-state index is -0.159. The standard InChI is InChI=1S/C22H28N4O2/c1-25(17-12-6-3-7-13-17)22(28)19-18-14-8-9-15-26(18)20(24-19)21(27)23-16-10-4-2-5-11-16/h3,6-7,12-13,16H,2,4-5,8-11,14-15H2,1H3,(H,23,27). The van der Waals surface area contributed by atoms with Crippen LogP contribution in [-0.4, -0.2) is 34.5 Å². The number of aromatic nitrogens is 2. The van der Waals surface area contributed by atoms with Crippen molar-refractivity contribution in [2.24, 2.45) is 0 Å². The molecule has 1 saturated carbocycles. The fourth-order valence-corrected chi connectivity index (χ4v) is 4.31. The average Bonchev–Trinajstić information content (AvgIpc) is 3.14. The van der Waals surface area contributed by atoms with Gasteiger partial charge in [-0.3, -0.25) is 9.59 Å². The quantitative estimate of drug-likeness (QED) is 0.882. The highest BCUT2D eigenvalue weighted by Crippen LogP contribution is 2.24. The molecule has 2 amide bonds. The molecule has 1 aliphatic heterocycles. The first kappa shape index (κ1) is 18.7. The number of hydrogen-bond donors (Lipinski definition) is 1. The topological polar surface area (TPSA) is 67.2 Å². The van der Waals surface area contributed by atoms with Crippen molar-refractivity contribution in [1.29, 1.82) is 0 Å². The number of rotatable bonds is 4. The summed E-state index contributed by atoms with van der Waals surface area (Å²) < 4.78 is 1.97. The van der Waals surface area contributed by atoms with Crippen molar-refractivity contribution in [3.63, 3.8) is 0 Å². The fraction of sp³-hybridized carbons (Fsp3) is 0.500. The Bertz CT molecular complexity index is 853. The second kappa shape index (κ2) is 8.17. The number of hydrogen-bond acceptors (Lipinski definition) is 3. The van der Waals surface area contributed by atoms with Gasteiger partial charge in [-0.1, -0.05) is 37.5 Å². The van der Waals surface area contributed by atoms with Crippen LogP contribution < -0.4 is 10.2 Å². The number of nitrogens with one attached hydrogen (secondary N) is 1. The van der Waals surface area contributed by atoms with E-state index in [1.165, 1.54) is 6.42 Å². The second-order valence-electron chi connectivity index (χ2n) is 7.85. The molecule has 0 bridgehead atoms. The van der Waals surface area contributed by atoms with Crippen molar-refractivity contribution in [1.82, 2.24) is 14.9 Å². The van der Waals surface area contributed by atoms with Crippen LogP contribution in [0.4, 0.5) is 5.69 Å². The molecule has 1 fully saturated rings. The average molecular weight is 380 g/mol. The molecule has 2 aromatic rings. The van der Waals surface area contributed by atoms with Gasteiger partial charge in [0.1, 0.15) is 0 Å². The summed E-state index contributed by atoms with van der Waals surface area (Å²) in [5, 5.41) is 3.15. The van der Waals surface area contributed by atoms with E-state index in [1.54, 1.807) is 11.9 Å². The normalized spacial score (nSPS) is 17.0. The molecule has 1 N–H and O–H groups in total. The highest BCUT2D eigenvalue weighted by molar-refractivity contribution is 6.06. The molecular weight excluding hydrogens is 352 g/mol. The predicted octanol–water partition coefficient (Wildman–Crippen LogP) is 3.56. The Labute approximate surface area is 165 Å². The Kier molecular flexibility index (Phi) is 5.46. The summed E-state index contributed by atoms with van der Waals surface area (Å²) in [7, 11) is 1.76. The van der Waals surface area contributed by atoms with Crippen LogP contribution in [0.3, 0.4) is 0 Å². The molecule has 1 aromatic carbocycles. The van der Waals surface area contributed by atoms with Crippen molar-refractivity contribution in [3.8, 4) is 0 Å². The van der Waals surface area contributed by atoms with E-state index < -0.39 is 0 Å². The van der Waals surface area contributed by atoms with E-state index in [2.05, 4.69) is 10.3 Å². The highest BCUT2D eigenvalue weighted by atomic mass is 16.2. The van der Waals surface area contributed by atoms with Gasteiger partial charge in [0.2, 0.25) is 0 Å². The number of benzene rings is 1. The van der Waals surface area contributed by atoms with Gasteiger partial charge >= 0.3 is 0 Å². The summed E-state index contributed by atoms with van der Waals surface area (Å²) in [4.78, 5) is 32.3. The monoisotopic (exact) mass is 380 g/mol. The molecule has 0 spiro atoms. The van der Waals surface area contributed by atoms with Gasteiger partial charge in [-0.2, -0.15) is 0 Å². The van der Waals surface area contributed by atoms with E-state index in [0.717, 1.165) is 62.9 Å². The van der Waals surface area contributed by atoms with E-state index in [-0.39, 0.29) is 17.9 Å². The van der Waals surface area contributed by atoms with Crippen LogP contribution in [0, 0.1) is 0 Å². The second-order valence-corrected chi connectivity index (χ2v) is 7.85. The number of fused-ring (bicyclic) bond motifs is 1. The van der Waals surface area contributed by atoms with Crippen LogP contribution >= 0.6 is 0 Å². The number of anilines is 1. The van der Waals surface area contributed by atoms with Gasteiger partial charge in [-0.25, -0.2) is 4.98 Å². The maximum atomic E-state index is 13.2. The Hall–Kier alpha value is -2.63. The summed E-state index contributed by atoms with van der Waals surface area (Å²) in [5.41, 5.74) is 2.13. The summed E-state index contributed by atoms with van der Waals surface area (Å²) >= 11 is 0. The van der Waals surface area contributed by atoms with Crippen molar-refractivity contribution in [2.75, 3.05) is 11.9 Å². The molecule has 2 aliphatic rings. The Morgan fingerprint density at radius 3 is 2.57 bits per heavy atom. The van der Waals surface area contributed by atoms with E-state index in [9.17, 15) is 9.59 Å². The Balaban J connectivity index is 1.61. The largest absolute Gasteiger partial charge is 0.347 e. The van der Waals surface area contributed by atoms with Gasteiger partial charge in [-0.05, 0) is 44.2 Å². The van der Waals surface area contributed by atoms with Crippen molar-refractivity contribution < 1.29 is 9.59 Å². The summed E-state index contributed by atoms with van der Waals surface area (Å²) in [6.07, 6.45) is 8.44. The molecule has 6 heteroatoms. The van der Waals surface area contributed by atoms with Crippen LogP contribution in [0.2, 0.25) is 0 Å². The molecule has 4 rings (SSSR count). The molecule has 2 heterocycles. The number of nitrogens with zero attached hydrogens (tertiary/aromatic N) is 3. The fourth-order valence-electron chi connectivity index (χ4n) is 4.31. The van der Waals surface area contributed by atoms with Gasteiger partial charge in [-0.15, -0.1) is 0 Å². The van der Waals surface area contributed by atoms with Crippen LogP contribution in [-0.2, 0) is 13.0 Å². The first-order valence-electron chi connectivity index (χ1n) is 10.4. The van der Waals surface area contributed by atoms with Gasteiger partial charge < -0.3 is 14.8 Å². The summed E-state index contributed by atoms with van der Waals surface area (Å²) in [5.74, 6) is 0.0927. The first-order chi connectivity index (χ1) is 13.6. The molecule has 0 radical (unpaired) electrons. The van der Waals surface area contributed by atoms with E-state index in [1.807, 2.05) is 34.9 Å². The molecule has 1 aromatic heterocycles. The van der Waals surface area contributed by atoms with Crippen LogP contribution in [0.1, 0.15) is 71.7 Å². The van der Waals surface area contributed by atoms with Crippen LogP contribution in [0.5, 0.6) is 0 Å². The van der Waals surface area contributed by atoms with Crippen molar-refractivity contribution in [2.45, 2.75) is 64.0 Å². The Morgan fingerprint density at radius 2 is 1.82 bits per heavy atom. The van der Waals surface area contributed by atoms with E-state index >= 15 is 0 Å². The summed E-state index contributed by atoms with van der Waals surface area (Å²) in [6.45, 7) is 0.748. The molecule has 28 heavy (non-hydrogen) atoms. The molecule has 6 nitrogen and oxygen atoms in total. The van der Waals surface area contributed by atoms with Gasteiger partial charge in [0.05, 0.1) is 5.69 Å². The number of carbonyl (C=O) groups is 2. The predicted molar refractivity (Wildman–Crippen MR) is 109 cm³/mol. The van der Waals surface area contributed by atoms with E-state index in [0.29, 0.717) is 11.5 Å². The maximum absolute atomic E-state index is 13.2. The highest BCUT2D eigenvalue weighted by Gasteiger charge is 2.30. The minimum Gasteiger partial charge on any atom is -0.347 e. The number of imidazole rings is 1. The van der Waals surface area contributed by atoms with Crippen molar-refractivity contribution in [3.05, 3.63) is 47.5 Å². The summed E-state index contributed by atoms with van der Waals surface area (Å²) in [6, 6.07) is 9.77. The third-order valence-electron chi connectivity index (χ3n) is 5.91. The molecule has 0 atom stereocenters. The third-order valence-corrected chi connectivity index (χ3v) is 5.91. The number of para-hydroxylation sites is 1. The van der Waals surface area contributed by atoms with Gasteiger partial charge in [0, 0.05) is 25.3 Å². The lowest BCUT2D eigenvalue weighted by Gasteiger charge is -2.23. The third kappa shape index (κ3) is 3.68. The molecular formula is C22H28N4O2. The zero-order valence-corrected chi connectivity index (χ0v) is 16.5. The maximum Gasteiger partial charge on any atom is 0.287 e. The SMILES string of the molecule is CN(C(=O)c1nc(C(=O)NC2CCCCC2)n2c1CCCC2)c1ccccc1. The van der Waals surface area contributed by atoms with Crippen LogP contribution in [0.25, 0.3) is 0 Å². The number of carbonyl (C=O) groups excluding carboxylic acids is 2. The molecule has 0 saturated heterocycles. The molecule has 1 aliphatic carbocycles. The molecule has 0 unspecified atom stereocenters. The zero-order chi connectivity index (χ0) is 19.5. The van der Waals surface area contributed by atoms with Gasteiger partial charge in [0.25, 0.3) is 11.8 Å².